The maximum Gasteiger partial charge on any atom is 0.246 e. The number of hydrogen-bond donors (Lipinski definition) is 0. The third-order valence-corrected chi connectivity index (χ3v) is 6.50. The second-order valence-electron chi connectivity index (χ2n) is 7.12. The van der Waals surface area contributed by atoms with Gasteiger partial charge in [0.2, 0.25) is 15.9 Å². The lowest BCUT2D eigenvalue weighted by atomic mass is 9.94. The van der Waals surface area contributed by atoms with Crippen molar-refractivity contribution in [2.45, 2.75) is 65.3 Å². The van der Waals surface area contributed by atoms with E-state index in [1.807, 2.05) is 13.8 Å². The van der Waals surface area contributed by atoms with Crippen molar-refractivity contribution in [1.82, 2.24) is 19.1 Å². The van der Waals surface area contributed by atoms with Crippen LogP contribution in [0.5, 0.6) is 0 Å². The number of oxazole rings is 1. The Labute approximate surface area is 150 Å². The minimum absolute atomic E-state index is 0.127. The number of sulfonamides is 1. The fourth-order valence-corrected chi connectivity index (χ4v) is 4.59. The van der Waals surface area contributed by atoms with Crippen molar-refractivity contribution in [3.05, 3.63) is 29.2 Å². The van der Waals surface area contributed by atoms with Crippen molar-refractivity contribution in [1.29, 1.82) is 0 Å². The zero-order valence-corrected chi connectivity index (χ0v) is 16.9. The molecule has 0 aliphatic heterocycles. The predicted octanol–water partition coefficient (Wildman–Crippen LogP) is 2.86. The first kappa shape index (κ1) is 19.7. The van der Waals surface area contributed by atoms with Crippen LogP contribution in [0.2, 0.25) is 0 Å². The van der Waals surface area contributed by atoms with Crippen molar-refractivity contribution < 1.29 is 12.8 Å². The van der Waals surface area contributed by atoms with E-state index in [1.165, 1.54) is 4.31 Å². The standard InChI is InChI=1S/C17H28N4O3S/c1-8-20(9-2)25(22,23)16-12(3)19-21(13(16)4)11-15-18-10-14(24-15)17(5,6)7/h10H,8-9,11H2,1-7H3. The van der Waals surface area contributed by atoms with Crippen molar-refractivity contribution in [2.24, 2.45) is 0 Å². The molecule has 0 aromatic carbocycles. The normalized spacial score (nSPS) is 13.0. The van der Waals surface area contributed by atoms with Gasteiger partial charge in [0, 0.05) is 18.5 Å². The monoisotopic (exact) mass is 368 g/mol. The van der Waals surface area contributed by atoms with Crippen LogP contribution in [0, 0.1) is 13.8 Å². The van der Waals surface area contributed by atoms with Gasteiger partial charge in [-0.05, 0) is 13.8 Å². The van der Waals surface area contributed by atoms with Crippen LogP contribution in [0.3, 0.4) is 0 Å². The summed E-state index contributed by atoms with van der Waals surface area (Å²) in [5.74, 6) is 1.31. The lowest BCUT2D eigenvalue weighted by Gasteiger charge is -2.18. The lowest BCUT2D eigenvalue weighted by Crippen LogP contribution is -2.31. The summed E-state index contributed by atoms with van der Waals surface area (Å²) in [5.41, 5.74) is 0.962. The smallest absolute Gasteiger partial charge is 0.246 e. The van der Waals surface area contributed by atoms with Gasteiger partial charge in [-0.15, -0.1) is 0 Å². The summed E-state index contributed by atoms with van der Waals surface area (Å²) in [4.78, 5) is 4.58. The quantitative estimate of drug-likeness (QED) is 0.783. The predicted molar refractivity (Wildman–Crippen MR) is 96.1 cm³/mol. The maximum atomic E-state index is 12.9. The highest BCUT2D eigenvalue weighted by Crippen LogP contribution is 2.26. The molecular formula is C17H28N4O3S. The number of rotatable bonds is 6. The molecule has 25 heavy (non-hydrogen) atoms. The molecule has 7 nitrogen and oxygen atoms in total. The highest BCUT2D eigenvalue weighted by atomic mass is 32.2. The molecule has 0 saturated heterocycles. The molecule has 0 spiro atoms. The van der Waals surface area contributed by atoms with Crippen LogP contribution in [-0.4, -0.2) is 40.6 Å². The van der Waals surface area contributed by atoms with Crippen molar-refractivity contribution >= 4 is 10.0 Å². The summed E-state index contributed by atoms with van der Waals surface area (Å²) in [6.07, 6.45) is 1.72. The van der Waals surface area contributed by atoms with E-state index >= 15 is 0 Å². The Bertz CT molecular complexity index is 840. The average molecular weight is 369 g/mol. The zero-order valence-electron chi connectivity index (χ0n) is 16.1. The first-order chi connectivity index (χ1) is 11.5. The molecule has 2 aromatic heterocycles. The van der Waals surface area contributed by atoms with Gasteiger partial charge in [0.05, 0.1) is 17.6 Å². The summed E-state index contributed by atoms with van der Waals surface area (Å²) in [5, 5.41) is 4.41. The summed E-state index contributed by atoms with van der Waals surface area (Å²) in [7, 11) is -3.55. The molecule has 2 rings (SSSR count). The van der Waals surface area contributed by atoms with Crippen LogP contribution >= 0.6 is 0 Å². The molecule has 0 atom stereocenters. The Kier molecular flexibility index (Phi) is 5.44. The van der Waals surface area contributed by atoms with E-state index in [9.17, 15) is 8.42 Å². The summed E-state index contributed by atoms with van der Waals surface area (Å²) >= 11 is 0. The third kappa shape index (κ3) is 3.79. The van der Waals surface area contributed by atoms with Gasteiger partial charge in [-0.3, -0.25) is 4.68 Å². The van der Waals surface area contributed by atoms with Gasteiger partial charge >= 0.3 is 0 Å². The van der Waals surface area contributed by atoms with Crippen LogP contribution in [0.15, 0.2) is 15.5 Å². The Morgan fingerprint density at radius 1 is 1.20 bits per heavy atom. The Morgan fingerprint density at radius 2 is 1.80 bits per heavy atom. The molecular weight excluding hydrogens is 340 g/mol. The fourth-order valence-electron chi connectivity index (χ4n) is 2.76. The van der Waals surface area contributed by atoms with E-state index in [4.69, 9.17) is 4.42 Å². The van der Waals surface area contributed by atoms with E-state index in [1.54, 1.807) is 24.7 Å². The molecule has 8 heteroatoms. The highest BCUT2D eigenvalue weighted by Gasteiger charge is 2.29. The molecule has 140 valence electrons. The van der Waals surface area contributed by atoms with Gasteiger partial charge in [-0.1, -0.05) is 34.6 Å². The SMILES string of the molecule is CCN(CC)S(=O)(=O)c1c(C)nn(Cc2ncc(C(C)(C)C)o2)c1C. The van der Waals surface area contributed by atoms with Crippen molar-refractivity contribution in [3.63, 3.8) is 0 Å². The largest absolute Gasteiger partial charge is 0.443 e. The van der Waals surface area contributed by atoms with Gasteiger partial charge in [0.1, 0.15) is 17.2 Å². The third-order valence-electron chi connectivity index (χ3n) is 4.20. The van der Waals surface area contributed by atoms with E-state index in [-0.39, 0.29) is 10.3 Å². The lowest BCUT2D eigenvalue weighted by molar-refractivity contribution is 0.371. The second-order valence-corrected chi connectivity index (χ2v) is 8.99. The molecule has 0 aliphatic carbocycles. The number of aromatic nitrogens is 3. The van der Waals surface area contributed by atoms with Gasteiger partial charge in [0.15, 0.2) is 0 Å². The molecule has 0 unspecified atom stereocenters. The molecule has 0 N–H and O–H groups in total. The minimum Gasteiger partial charge on any atom is -0.443 e. The van der Waals surface area contributed by atoms with E-state index in [2.05, 4.69) is 30.9 Å². The fraction of sp³-hybridized carbons (Fsp3) is 0.647. The first-order valence-corrected chi connectivity index (χ1v) is 9.95. The van der Waals surface area contributed by atoms with Gasteiger partial charge < -0.3 is 4.42 Å². The van der Waals surface area contributed by atoms with Gasteiger partial charge in [-0.25, -0.2) is 13.4 Å². The van der Waals surface area contributed by atoms with Gasteiger partial charge in [0.25, 0.3) is 0 Å². The molecule has 2 aromatic rings. The summed E-state index contributed by atoms with van der Waals surface area (Å²) in [6.45, 7) is 14.5. The minimum atomic E-state index is -3.55. The second kappa shape index (κ2) is 6.92. The van der Waals surface area contributed by atoms with Crippen LogP contribution < -0.4 is 0 Å². The van der Waals surface area contributed by atoms with Crippen LogP contribution in [0.1, 0.15) is 57.7 Å². The van der Waals surface area contributed by atoms with Crippen LogP contribution in [0.4, 0.5) is 0 Å². The average Bonchev–Trinajstić information content (AvgIpc) is 3.05. The van der Waals surface area contributed by atoms with E-state index < -0.39 is 10.0 Å². The van der Waals surface area contributed by atoms with Crippen molar-refractivity contribution in [2.75, 3.05) is 13.1 Å². The van der Waals surface area contributed by atoms with E-state index in [0.29, 0.717) is 36.9 Å². The van der Waals surface area contributed by atoms with Gasteiger partial charge in [-0.2, -0.15) is 9.40 Å². The Balaban J connectivity index is 2.39. The molecule has 0 radical (unpaired) electrons. The maximum absolute atomic E-state index is 12.9. The van der Waals surface area contributed by atoms with Crippen molar-refractivity contribution in [3.8, 4) is 0 Å². The first-order valence-electron chi connectivity index (χ1n) is 8.51. The zero-order chi connectivity index (χ0) is 19.0. The van der Waals surface area contributed by atoms with Crippen LogP contribution in [-0.2, 0) is 22.0 Å². The summed E-state index contributed by atoms with van der Waals surface area (Å²) in [6, 6.07) is 0. The molecule has 0 bridgehead atoms. The number of nitrogens with zero attached hydrogens (tertiary/aromatic N) is 4. The molecule has 0 fully saturated rings. The molecule has 0 aliphatic rings. The number of aryl methyl sites for hydroxylation is 1. The molecule has 2 heterocycles. The Morgan fingerprint density at radius 3 is 2.28 bits per heavy atom. The Hall–Kier alpha value is -1.67. The molecule has 0 amide bonds. The summed E-state index contributed by atoms with van der Waals surface area (Å²) < 4.78 is 34.6. The topological polar surface area (TPSA) is 81.2 Å². The van der Waals surface area contributed by atoms with E-state index in [0.717, 1.165) is 5.76 Å². The molecule has 0 saturated carbocycles. The number of hydrogen-bond acceptors (Lipinski definition) is 5. The van der Waals surface area contributed by atoms with Crippen LogP contribution in [0.25, 0.3) is 0 Å². The highest BCUT2D eigenvalue weighted by molar-refractivity contribution is 7.89.